The fourth-order valence-corrected chi connectivity index (χ4v) is 15.3. The third-order valence-electron chi connectivity index (χ3n) is 14.1. The van der Waals surface area contributed by atoms with Gasteiger partial charge in [0.15, 0.2) is 18.5 Å². The molecule has 5 aromatic rings. The number of hydrogen-bond donors (Lipinski definition) is 0. The first-order valence-corrected chi connectivity index (χ1v) is 29.6. The van der Waals surface area contributed by atoms with Crippen molar-refractivity contribution < 1.29 is 66.3 Å². The number of rotatable bonds is 31. The molecule has 1 heterocycles. The molecule has 0 aromatic heterocycles. The summed E-state index contributed by atoms with van der Waals surface area (Å²) in [7, 11) is -2.34. The zero-order valence-electron chi connectivity index (χ0n) is 46.8. The van der Waals surface area contributed by atoms with Gasteiger partial charge < -0.3 is 52.0 Å². The van der Waals surface area contributed by atoms with Crippen molar-refractivity contribution in [3.63, 3.8) is 0 Å². The molecule has 15 nitrogen and oxygen atoms in total. The highest BCUT2D eigenvalue weighted by Gasteiger charge is 2.52. The van der Waals surface area contributed by atoms with Crippen LogP contribution in [0.15, 0.2) is 146 Å². The Labute approximate surface area is 467 Å². The summed E-state index contributed by atoms with van der Waals surface area (Å²) < 4.78 is 56.8. The van der Waals surface area contributed by atoms with Crippen LogP contribution >= 0.6 is 0 Å². The van der Waals surface area contributed by atoms with E-state index in [4.69, 9.17) is 42.3 Å². The molecule has 0 aliphatic carbocycles. The summed E-state index contributed by atoms with van der Waals surface area (Å²) >= 11 is 0. The Morgan fingerprint density at radius 2 is 1.08 bits per heavy atom. The molecule has 424 valence electrons. The number of amides is 1. The SMILES string of the molecule is CC(=O)CCC(=O)O[C@H]1[C@H](OCc2ccccc2)[C@@H](OC(=O)c2ccccc2)[C@H](OCCCCCN(Cc2ccccc2)C(=O)OCc2ccc(COC(=O)c3ccccc3)cc2)O[C@H]1COCO[Si](C(C)C)(C(C)C)C(C)C. The van der Waals surface area contributed by atoms with Crippen molar-refractivity contribution in [3.05, 3.63) is 179 Å². The number of unbranched alkanes of at least 4 members (excludes halogenated alkanes) is 2. The zero-order chi connectivity index (χ0) is 56.6. The maximum Gasteiger partial charge on any atom is 0.410 e. The maximum atomic E-state index is 14.0. The molecule has 0 unspecified atom stereocenters. The largest absolute Gasteiger partial charge is 0.457 e. The average molecular weight is 1100 g/mol. The molecule has 5 atom stereocenters. The average Bonchev–Trinajstić information content (AvgIpc) is 3.56. The minimum atomic E-state index is -2.34. The van der Waals surface area contributed by atoms with Gasteiger partial charge in [0.1, 0.15) is 38.0 Å². The van der Waals surface area contributed by atoms with E-state index < -0.39 is 63.0 Å². The van der Waals surface area contributed by atoms with Crippen LogP contribution in [0.5, 0.6) is 0 Å². The van der Waals surface area contributed by atoms with E-state index >= 15 is 0 Å². The van der Waals surface area contributed by atoms with Gasteiger partial charge in [0.05, 0.1) is 30.8 Å². The van der Waals surface area contributed by atoms with E-state index in [9.17, 15) is 24.0 Å². The summed E-state index contributed by atoms with van der Waals surface area (Å²) in [6.45, 7) is 15.5. The monoisotopic (exact) mass is 1100 g/mol. The molecular formula is C63H79NO14Si. The topological polar surface area (TPSA) is 172 Å². The molecule has 5 aromatic carbocycles. The van der Waals surface area contributed by atoms with Crippen molar-refractivity contribution in [2.45, 2.75) is 154 Å². The number of nitrogens with zero attached hydrogens (tertiary/aromatic N) is 1. The summed E-state index contributed by atoms with van der Waals surface area (Å²) in [5, 5.41) is 0. The molecule has 1 aliphatic heterocycles. The second kappa shape index (κ2) is 31.9. The molecule has 1 fully saturated rings. The van der Waals surface area contributed by atoms with Crippen LogP contribution in [0.1, 0.15) is 124 Å². The molecule has 0 saturated carbocycles. The van der Waals surface area contributed by atoms with E-state index in [1.165, 1.54) is 6.92 Å². The van der Waals surface area contributed by atoms with Crippen molar-refractivity contribution in [2.75, 3.05) is 26.6 Å². The number of carbonyl (C=O) groups excluding carboxylic acids is 5. The molecule has 1 saturated heterocycles. The van der Waals surface area contributed by atoms with Crippen LogP contribution < -0.4 is 0 Å². The number of hydrogen-bond acceptors (Lipinski definition) is 14. The molecule has 6 rings (SSSR count). The number of esters is 3. The van der Waals surface area contributed by atoms with Gasteiger partial charge in [-0.25, -0.2) is 14.4 Å². The van der Waals surface area contributed by atoms with Gasteiger partial charge in [-0.15, -0.1) is 0 Å². The minimum Gasteiger partial charge on any atom is -0.457 e. The maximum absolute atomic E-state index is 14.0. The Balaban J connectivity index is 1.16. The summed E-state index contributed by atoms with van der Waals surface area (Å²) in [6.07, 6.45) is -4.67. The Morgan fingerprint density at radius 3 is 1.65 bits per heavy atom. The Morgan fingerprint density at radius 1 is 0.544 bits per heavy atom. The van der Waals surface area contributed by atoms with Gasteiger partial charge in [-0.2, -0.15) is 0 Å². The molecule has 16 heteroatoms. The molecule has 79 heavy (non-hydrogen) atoms. The van der Waals surface area contributed by atoms with E-state index in [0.29, 0.717) is 54.5 Å². The summed E-state index contributed by atoms with van der Waals surface area (Å²) in [5.74, 6) is -1.90. The van der Waals surface area contributed by atoms with E-state index in [2.05, 4.69) is 41.5 Å². The third kappa shape index (κ3) is 19.1. The molecule has 1 aliphatic rings. The second-order valence-electron chi connectivity index (χ2n) is 20.8. The first-order valence-electron chi connectivity index (χ1n) is 27.5. The lowest BCUT2D eigenvalue weighted by Crippen LogP contribution is -2.62. The van der Waals surface area contributed by atoms with Gasteiger partial charge in [0, 0.05) is 26.1 Å². The van der Waals surface area contributed by atoms with Crippen molar-refractivity contribution in [3.8, 4) is 0 Å². The lowest BCUT2D eigenvalue weighted by molar-refractivity contribution is -0.313. The molecule has 0 bridgehead atoms. The predicted molar refractivity (Wildman–Crippen MR) is 301 cm³/mol. The third-order valence-corrected chi connectivity index (χ3v) is 20.1. The van der Waals surface area contributed by atoms with Crippen LogP contribution in [0.2, 0.25) is 16.6 Å². The first kappa shape index (κ1) is 61.7. The van der Waals surface area contributed by atoms with Gasteiger partial charge in [0.25, 0.3) is 0 Å². The summed E-state index contributed by atoms with van der Waals surface area (Å²) in [4.78, 5) is 67.5. The Hall–Kier alpha value is -6.53. The highest BCUT2D eigenvalue weighted by Crippen LogP contribution is 2.42. The van der Waals surface area contributed by atoms with Crippen molar-refractivity contribution >= 4 is 38.1 Å². The minimum absolute atomic E-state index is 0.0282. The molecule has 0 N–H and O–H groups in total. The number of ether oxygens (including phenoxy) is 8. The van der Waals surface area contributed by atoms with Gasteiger partial charge in [-0.1, -0.05) is 163 Å². The van der Waals surface area contributed by atoms with Crippen molar-refractivity contribution in [1.82, 2.24) is 4.90 Å². The van der Waals surface area contributed by atoms with E-state index in [-0.39, 0.29) is 64.0 Å². The highest BCUT2D eigenvalue weighted by molar-refractivity contribution is 6.77. The fourth-order valence-electron chi connectivity index (χ4n) is 10.0. The van der Waals surface area contributed by atoms with Gasteiger partial charge in [-0.05, 0) is 89.3 Å². The number of Topliss-reactive ketones (excluding diaryl/α,β-unsaturated/α-hetero) is 1. The van der Waals surface area contributed by atoms with Gasteiger partial charge in [0.2, 0.25) is 8.32 Å². The van der Waals surface area contributed by atoms with Crippen LogP contribution in [0.3, 0.4) is 0 Å². The van der Waals surface area contributed by atoms with Gasteiger partial charge >= 0.3 is 24.0 Å². The first-order chi connectivity index (χ1) is 38.1. The number of carbonyl (C=O) groups is 5. The Kier molecular flexibility index (Phi) is 24.9. The lowest BCUT2D eigenvalue weighted by Gasteiger charge is -2.45. The fraction of sp³-hybridized carbons (Fsp3) is 0.444. The van der Waals surface area contributed by atoms with Gasteiger partial charge in [-0.3, -0.25) is 4.79 Å². The van der Waals surface area contributed by atoms with Crippen LogP contribution in [-0.2, 0) is 78.3 Å². The van der Waals surface area contributed by atoms with Crippen LogP contribution in [0.25, 0.3) is 0 Å². The zero-order valence-corrected chi connectivity index (χ0v) is 47.8. The number of ketones is 1. The van der Waals surface area contributed by atoms with Crippen LogP contribution in [0.4, 0.5) is 4.79 Å². The molecule has 1 amide bonds. The van der Waals surface area contributed by atoms with E-state index in [1.54, 1.807) is 59.5 Å². The molecule has 0 radical (unpaired) electrons. The normalized spacial score (nSPS) is 17.3. The second-order valence-corrected chi connectivity index (χ2v) is 26.3. The standard InChI is InChI=1S/C63H79NO14Si/c1-45(2)79(46(3)4,47(5)6)75-44-70-43-55-57(77-56(66)36-31-48(7)65)58(72-40-50-25-15-9-16-26-50)59(78-61(68)54-29-19-11-20-30-54)62(76-55)71-38-22-12-21-37-64(39-49-23-13-8-14-24-49)63(69)74-42-52-34-32-51(33-35-52)41-73-60(67)53-27-17-10-18-28-53/h8-11,13-20,23-30,32-35,45-47,55,57-59,62H,12,21-22,31,36-44H2,1-7H3/t55-,57+,58-,59+,62+/m0/s1. The Bertz CT molecular complexity index is 2600. The van der Waals surface area contributed by atoms with Crippen molar-refractivity contribution in [1.29, 1.82) is 0 Å². The summed E-state index contributed by atoms with van der Waals surface area (Å²) in [5.41, 5.74) is 5.00. The van der Waals surface area contributed by atoms with E-state index in [1.807, 2.05) is 91.0 Å². The van der Waals surface area contributed by atoms with Crippen molar-refractivity contribution in [2.24, 2.45) is 0 Å². The molecule has 0 spiro atoms. The van der Waals surface area contributed by atoms with Crippen LogP contribution in [-0.4, -0.2) is 100 Å². The quantitative estimate of drug-likeness (QED) is 0.0135. The number of benzene rings is 5. The van der Waals surface area contributed by atoms with E-state index in [0.717, 1.165) is 22.3 Å². The smallest absolute Gasteiger partial charge is 0.410 e. The van der Waals surface area contributed by atoms with Crippen LogP contribution in [0, 0.1) is 0 Å². The lowest BCUT2D eigenvalue weighted by atomic mass is 9.97. The predicted octanol–water partition coefficient (Wildman–Crippen LogP) is 12.4. The highest BCUT2D eigenvalue weighted by atomic mass is 28.4. The molecular weight excluding hydrogens is 1020 g/mol. The summed E-state index contributed by atoms with van der Waals surface area (Å²) in [6, 6.07) is 43.8.